The Bertz CT molecular complexity index is 683. The topological polar surface area (TPSA) is 62.0 Å². The average Bonchev–Trinajstić information content (AvgIpc) is 2.96. The molecule has 0 bridgehead atoms. The molecule has 0 spiro atoms. The van der Waals surface area contributed by atoms with Crippen LogP contribution in [0.15, 0.2) is 24.3 Å². The molecule has 1 aromatic carbocycles. The van der Waals surface area contributed by atoms with Crippen molar-refractivity contribution < 1.29 is 13.9 Å². The number of hydrogen-bond donors (Lipinski definition) is 1. The molecule has 3 aliphatic rings. The Balaban J connectivity index is 0.00000171. The monoisotopic (exact) mass is 476 g/mol. The second-order valence-corrected chi connectivity index (χ2v) is 8.62. The zero-order valence-corrected chi connectivity index (χ0v) is 19.6. The summed E-state index contributed by atoms with van der Waals surface area (Å²) < 4.78 is 18.7. The summed E-state index contributed by atoms with van der Waals surface area (Å²) >= 11 is 0. The SMILES string of the molecule is Cl.Cl.N[C@H]1CC[C@@H](C(=O)N2CCN(c3ccc(F)cc3)CC2)CN(C2CCOCC2)C1. The predicted molar refractivity (Wildman–Crippen MR) is 126 cm³/mol. The van der Waals surface area contributed by atoms with E-state index in [1.54, 1.807) is 0 Å². The van der Waals surface area contributed by atoms with Crippen LogP contribution < -0.4 is 10.6 Å². The number of nitrogens with two attached hydrogens (primary N) is 1. The first kappa shape index (κ1) is 26.1. The van der Waals surface area contributed by atoms with Crippen molar-refractivity contribution in [3.8, 4) is 0 Å². The molecule has 3 aliphatic heterocycles. The highest BCUT2D eigenvalue weighted by molar-refractivity contribution is 5.85. The standard InChI is InChI=1S/C22H33FN4O2.2ClH/c23-18-2-5-20(6-3-18)25-9-11-26(12-10-25)22(28)17-1-4-19(24)16-27(15-17)21-7-13-29-14-8-21;;/h2-3,5-6,17,19,21H,1,4,7-16,24H2;2*1H/t17-,19+;;/m1../s1. The minimum Gasteiger partial charge on any atom is -0.381 e. The van der Waals surface area contributed by atoms with E-state index in [1.807, 2.05) is 17.0 Å². The van der Waals surface area contributed by atoms with Crippen molar-refractivity contribution >= 4 is 36.4 Å². The second kappa shape index (κ2) is 12.2. The summed E-state index contributed by atoms with van der Waals surface area (Å²) in [7, 11) is 0. The number of nitrogens with zero attached hydrogens (tertiary/aromatic N) is 3. The van der Waals surface area contributed by atoms with Crippen molar-refractivity contribution in [1.82, 2.24) is 9.80 Å². The number of benzene rings is 1. The van der Waals surface area contributed by atoms with E-state index in [1.165, 1.54) is 12.1 Å². The molecule has 2 N–H and O–H groups in total. The number of halogens is 3. The first-order valence-corrected chi connectivity index (χ1v) is 11.0. The Morgan fingerprint density at radius 3 is 2.23 bits per heavy atom. The zero-order chi connectivity index (χ0) is 20.2. The first-order valence-electron chi connectivity index (χ1n) is 11.0. The summed E-state index contributed by atoms with van der Waals surface area (Å²) in [4.78, 5) is 20.0. The lowest BCUT2D eigenvalue weighted by atomic mass is 9.99. The molecular formula is C22H35Cl2FN4O2. The first-order chi connectivity index (χ1) is 14.1. The molecule has 3 heterocycles. The molecular weight excluding hydrogens is 442 g/mol. The van der Waals surface area contributed by atoms with Gasteiger partial charge in [-0.05, 0) is 49.9 Å². The summed E-state index contributed by atoms with van der Waals surface area (Å²) in [5, 5.41) is 0. The smallest absolute Gasteiger partial charge is 0.227 e. The highest BCUT2D eigenvalue weighted by Crippen LogP contribution is 2.25. The van der Waals surface area contributed by atoms with Crippen LogP contribution in [0.5, 0.6) is 0 Å². The number of amides is 1. The van der Waals surface area contributed by atoms with Crippen molar-refractivity contribution in [2.24, 2.45) is 11.7 Å². The van der Waals surface area contributed by atoms with E-state index in [4.69, 9.17) is 10.5 Å². The van der Waals surface area contributed by atoms with Crippen LogP contribution in [-0.2, 0) is 9.53 Å². The van der Waals surface area contributed by atoms with Crippen LogP contribution in [0, 0.1) is 11.7 Å². The molecule has 31 heavy (non-hydrogen) atoms. The van der Waals surface area contributed by atoms with Crippen LogP contribution in [0.1, 0.15) is 25.7 Å². The fourth-order valence-corrected chi connectivity index (χ4v) is 4.90. The molecule has 0 radical (unpaired) electrons. The number of anilines is 1. The van der Waals surface area contributed by atoms with Gasteiger partial charge in [0.2, 0.25) is 5.91 Å². The van der Waals surface area contributed by atoms with Crippen LogP contribution in [0.2, 0.25) is 0 Å². The van der Waals surface area contributed by atoms with Gasteiger partial charge in [-0.25, -0.2) is 4.39 Å². The normalized spacial score (nSPS) is 25.9. The molecule has 176 valence electrons. The molecule has 9 heteroatoms. The van der Waals surface area contributed by atoms with Gasteiger partial charge in [0.15, 0.2) is 0 Å². The van der Waals surface area contributed by atoms with Gasteiger partial charge in [0.25, 0.3) is 0 Å². The van der Waals surface area contributed by atoms with E-state index in [2.05, 4.69) is 9.80 Å². The molecule has 0 saturated carbocycles. The van der Waals surface area contributed by atoms with Gasteiger partial charge in [-0.15, -0.1) is 24.8 Å². The minimum atomic E-state index is -0.219. The van der Waals surface area contributed by atoms with Gasteiger partial charge in [0.1, 0.15) is 5.82 Å². The third-order valence-corrected chi connectivity index (χ3v) is 6.65. The second-order valence-electron chi connectivity index (χ2n) is 8.62. The Hall–Kier alpha value is -1.12. The van der Waals surface area contributed by atoms with E-state index in [0.717, 1.165) is 83.9 Å². The highest BCUT2D eigenvalue weighted by atomic mass is 35.5. The summed E-state index contributed by atoms with van der Waals surface area (Å²) in [6, 6.07) is 7.24. The number of carbonyl (C=O) groups excluding carboxylic acids is 1. The van der Waals surface area contributed by atoms with Gasteiger partial charge >= 0.3 is 0 Å². The van der Waals surface area contributed by atoms with Gasteiger partial charge in [0.05, 0.1) is 5.92 Å². The van der Waals surface area contributed by atoms with Gasteiger partial charge in [-0.2, -0.15) is 0 Å². The van der Waals surface area contributed by atoms with Crippen molar-refractivity contribution in [2.75, 3.05) is 57.4 Å². The van der Waals surface area contributed by atoms with Gasteiger partial charge in [-0.3, -0.25) is 9.69 Å². The van der Waals surface area contributed by atoms with E-state index in [0.29, 0.717) is 6.04 Å². The Labute approximate surface area is 197 Å². The molecule has 1 amide bonds. The Morgan fingerprint density at radius 2 is 1.58 bits per heavy atom. The highest BCUT2D eigenvalue weighted by Gasteiger charge is 2.34. The maximum atomic E-state index is 13.3. The number of piperazine rings is 1. The van der Waals surface area contributed by atoms with Crippen LogP contribution in [0.4, 0.5) is 10.1 Å². The molecule has 1 aromatic rings. The number of carbonyl (C=O) groups is 1. The molecule has 0 aliphatic carbocycles. The largest absolute Gasteiger partial charge is 0.381 e. The van der Waals surface area contributed by atoms with Crippen molar-refractivity contribution in [1.29, 1.82) is 0 Å². The number of hydrogen-bond acceptors (Lipinski definition) is 5. The van der Waals surface area contributed by atoms with E-state index in [-0.39, 0.29) is 48.5 Å². The molecule has 3 fully saturated rings. The lowest BCUT2D eigenvalue weighted by Gasteiger charge is -2.39. The lowest BCUT2D eigenvalue weighted by Crippen LogP contribution is -2.52. The predicted octanol–water partition coefficient (Wildman–Crippen LogP) is 2.54. The summed E-state index contributed by atoms with van der Waals surface area (Å²) in [5.41, 5.74) is 7.35. The maximum absolute atomic E-state index is 13.3. The quantitative estimate of drug-likeness (QED) is 0.725. The fourth-order valence-electron chi connectivity index (χ4n) is 4.90. The van der Waals surface area contributed by atoms with Crippen molar-refractivity contribution in [3.63, 3.8) is 0 Å². The number of ether oxygens (including phenoxy) is 1. The lowest BCUT2D eigenvalue weighted by molar-refractivity contribution is -0.136. The number of rotatable bonds is 3. The summed E-state index contributed by atoms with van der Waals surface area (Å²) in [6.45, 7) is 6.32. The minimum absolute atomic E-state index is 0. The molecule has 4 rings (SSSR count). The Kier molecular flexibility index (Phi) is 10.3. The number of likely N-dealkylation sites (tertiary alicyclic amines) is 1. The van der Waals surface area contributed by atoms with Gasteiger partial charge in [-0.1, -0.05) is 0 Å². The van der Waals surface area contributed by atoms with Crippen LogP contribution >= 0.6 is 24.8 Å². The molecule has 2 atom stereocenters. The van der Waals surface area contributed by atoms with E-state index >= 15 is 0 Å². The van der Waals surface area contributed by atoms with Crippen LogP contribution in [0.3, 0.4) is 0 Å². The summed E-state index contributed by atoms with van der Waals surface area (Å²) in [5.74, 6) is 0.0851. The third-order valence-electron chi connectivity index (χ3n) is 6.65. The van der Waals surface area contributed by atoms with Gasteiger partial charge in [0, 0.05) is 70.3 Å². The zero-order valence-electron chi connectivity index (χ0n) is 18.0. The van der Waals surface area contributed by atoms with Crippen molar-refractivity contribution in [3.05, 3.63) is 30.1 Å². The maximum Gasteiger partial charge on any atom is 0.227 e. The van der Waals surface area contributed by atoms with Crippen LogP contribution in [-0.4, -0.2) is 80.3 Å². The Morgan fingerprint density at radius 1 is 0.935 bits per heavy atom. The van der Waals surface area contributed by atoms with Gasteiger partial charge < -0.3 is 20.3 Å². The van der Waals surface area contributed by atoms with Crippen LogP contribution in [0.25, 0.3) is 0 Å². The third kappa shape index (κ3) is 6.68. The summed E-state index contributed by atoms with van der Waals surface area (Å²) in [6.07, 6.45) is 3.84. The van der Waals surface area contributed by atoms with E-state index in [9.17, 15) is 9.18 Å². The van der Waals surface area contributed by atoms with Crippen molar-refractivity contribution in [2.45, 2.75) is 37.8 Å². The molecule has 0 aromatic heterocycles. The molecule has 6 nitrogen and oxygen atoms in total. The molecule has 0 unspecified atom stereocenters. The molecule has 3 saturated heterocycles. The average molecular weight is 477 g/mol. The fraction of sp³-hybridized carbons (Fsp3) is 0.682. The van der Waals surface area contributed by atoms with E-state index < -0.39 is 0 Å².